The molecule has 0 aromatic rings. The molecule has 38 heavy (non-hydrogen) atoms. The van der Waals surface area contributed by atoms with Crippen molar-refractivity contribution >= 4 is 11.6 Å². The van der Waals surface area contributed by atoms with Gasteiger partial charge in [0.15, 0.2) is 0 Å². The van der Waals surface area contributed by atoms with E-state index in [2.05, 4.69) is 67.5 Å². The molecule has 0 saturated carbocycles. The van der Waals surface area contributed by atoms with Gasteiger partial charge in [-0.15, -0.1) is 0 Å². The summed E-state index contributed by atoms with van der Waals surface area (Å²) in [5.74, 6) is 3.89. The Hall–Kier alpha value is -0.730. The Morgan fingerprint density at radius 2 is 1.79 bits per heavy atom. The van der Waals surface area contributed by atoms with Crippen LogP contribution in [0.3, 0.4) is 0 Å². The SMILES string of the molecule is C.CC(C)[C@H](CN1CC[C@H](C2CC=C(Cl)CC2)C(C)(C)C1)NCC1=CC=CC(C2CCNCC2)C1.O.O.O. The van der Waals surface area contributed by atoms with Gasteiger partial charge in [0, 0.05) is 30.7 Å². The van der Waals surface area contributed by atoms with Crippen molar-refractivity contribution < 1.29 is 16.4 Å². The molecule has 0 amide bonds. The van der Waals surface area contributed by atoms with Gasteiger partial charge in [0.1, 0.15) is 0 Å². The van der Waals surface area contributed by atoms with Crippen LogP contribution in [0.4, 0.5) is 0 Å². The second kappa shape index (κ2) is 17.2. The van der Waals surface area contributed by atoms with Crippen molar-refractivity contribution in [3.8, 4) is 0 Å². The van der Waals surface area contributed by atoms with Gasteiger partial charge in [-0.1, -0.05) is 76.6 Å². The number of piperidine rings is 2. The van der Waals surface area contributed by atoms with Crippen LogP contribution in [0, 0.1) is 35.0 Å². The van der Waals surface area contributed by atoms with Crippen molar-refractivity contribution in [2.24, 2.45) is 35.0 Å². The van der Waals surface area contributed by atoms with Gasteiger partial charge in [0.05, 0.1) is 0 Å². The Labute approximate surface area is 238 Å². The first kappa shape index (κ1) is 37.3. The quantitative estimate of drug-likeness (QED) is 0.455. The largest absolute Gasteiger partial charge is 0.412 e. The monoisotopic (exact) mass is 557 g/mol. The maximum atomic E-state index is 6.27. The number of nitrogens with one attached hydrogen (secondary N) is 2. The van der Waals surface area contributed by atoms with Gasteiger partial charge in [-0.25, -0.2) is 0 Å². The minimum atomic E-state index is 0. The molecule has 2 saturated heterocycles. The molecule has 2 heterocycles. The highest BCUT2D eigenvalue weighted by Crippen LogP contribution is 2.45. The highest BCUT2D eigenvalue weighted by molar-refractivity contribution is 6.29. The lowest BCUT2D eigenvalue weighted by atomic mass is 9.65. The van der Waals surface area contributed by atoms with Gasteiger partial charge in [-0.05, 0) is 99.6 Å². The molecular weight excluding hydrogens is 498 g/mol. The summed E-state index contributed by atoms with van der Waals surface area (Å²) in [5.41, 5.74) is 1.97. The number of likely N-dealkylation sites (tertiary alicyclic amines) is 1. The summed E-state index contributed by atoms with van der Waals surface area (Å²) >= 11 is 6.27. The normalized spacial score (nSPS) is 28.5. The predicted octanol–water partition coefficient (Wildman–Crippen LogP) is 4.54. The molecule has 2 fully saturated rings. The molecule has 4 atom stereocenters. The third kappa shape index (κ3) is 10.0. The minimum Gasteiger partial charge on any atom is -0.412 e. The lowest BCUT2D eigenvalue weighted by molar-refractivity contribution is 0.0120. The topological polar surface area (TPSA) is 122 Å². The highest BCUT2D eigenvalue weighted by Gasteiger charge is 2.40. The molecule has 0 aromatic carbocycles. The minimum absolute atomic E-state index is 0. The molecule has 7 heteroatoms. The Balaban J connectivity index is 0.00000342. The molecule has 0 aromatic heterocycles. The molecule has 2 unspecified atom stereocenters. The summed E-state index contributed by atoms with van der Waals surface area (Å²) < 4.78 is 0. The molecule has 0 bridgehead atoms. The molecule has 2 aliphatic carbocycles. The van der Waals surface area contributed by atoms with Crippen LogP contribution in [-0.4, -0.2) is 66.6 Å². The summed E-state index contributed by atoms with van der Waals surface area (Å²) in [6.45, 7) is 16.9. The zero-order chi connectivity index (χ0) is 24.1. The number of allylic oxidation sites excluding steroid dienone is 5. The zero-order valence-corrected chi connectivity index (χ0v) is 24.5. The molecule has 4 rings (SSSR count). The molecule has 2 aliphatic heterocycles. The van der Waals surface area contributed by atoms with Crippen LogP contribution in [0.15, 0.2) is 34.9 Å². The Morgan fingerprint density at radius 1 is 1.08 bits per heavy atom. The predicted molar refractivity (Wildman–Crippen MR) is 165 cm³/mol. The summed E-state index contributed by atoms with van der Waals surface area (Å²) in [6, 6.07) is 0.549. The second-order valence-electron chi connectivity index (χ2n) is 12.7. The zero-order valence-electron chi connectivity index (χ0n) is 23.8. The second-order valence-corrected chi connectivity index (χ2v) is 13.2. The van der Waals surface area contributed by atoms with E-state index in [4.69, 9.17) is 11.6 Å². The molecule has 6 nitrogen and oxygen atoms in total. The van der Waals surface area contributed by atoms with E-state index in [0.29, 0.717) is 17.4 Å². The third-order valence-corrected chi connectivity index (χ3v) is 9.73. The lowest BCUT2D eigenvalue weighted by Crippen LogP contribution is -2.53. The number of nitrogens with zero attached hydrogens (tertiary/aromatic N) is 1. The van der Waals surface area contributed by atoms with Crippen LogP contribution < -0.4 is 10.6 Å². The first-order valence-corrected chi connectivity index (χ1v) is 14.6. The maximum Gasteiger partial charge on any atom is 0.0221 e. The molecule has 8 N–H and O–H groups in total. The first-order chi connectivity index (χ1) is 16.3. The van der Waals surface area contributed by atoms with Crippen LogP contribution in [0.2, 0.25) is 0 Å². The van der Waals surface area contributed by atoms with Gasteiger partial charge in [0.2, 0.25) is 0 Å². The van der Waals surface area contributed by atoms with E-state index in [-0.39, 0.29) is 23.9 Å². The van der Waals surface area contributed by atoms with Crippen molar-refractivity contribution in [3.63, 3.8) is 0 Å². The average molecular weight is 558 g/mol. The smallest absolute Gasteiger partial charge is 0.0221 e. The van der Waals surface area contributed by atoms with E-state index >= 15 is 0 Å². The van der Waals surface area contributed by atoms with Gasteiger partial charge in [-0.2, -0.15) is 0 Å². The molecule has 0 radical (unpaired) electrons. The van der Waals surface area contributed by atoms with Crippen LogP contribution in [0.5, 0.6) is 0 Å². The maximum absolute atomic E-state index is 6.27. The average Bonchev–Trinajstić information content (AvgIpc) is 2.82. The van der Waals surface area contributed by atoms with Gasteiger partial charge in [0.25, 0.3) is 0 Å². The standard InChI is InChI=1S/C30H50ClN3.CH4.3H2O/c1-22(2)29(33-19-23-6-5-7-26(18-23)24-12-15-32-16-13-24)20-34-17-14-28(30(3,4)21-34)25-8-10-27(31)11-9-25;;;;/h5-7,10,22,24-26,28-29,32-33H,8-9,11-21H2,1-4H3;1H4;3*1H2/t25?,26?,28-,29+;;;;/m1..../s1. The van der Waals surface area contributed by atoms with E-state index in [1.165, 1.54) is 71.2 Å². The fourth-order valence-electron chi connectivity index (χ4n) is 7.25. The van der Waals surface area contributed by atoms with Crippen LogP contribution in [0.25, 0.3) is 0 Å². The van der Waals surface area contributed by atoms with Crippen molar-refractivity contribution in [2.45, 2.75) is 86.1 Å². The molecular formula is C31H60ClN3O3. The summed E-state index contributed by atoms with van der Waals surface area (Å²) in [4.78, 5) is 2.76. The number of rotatable bonds is 8. The van der Waals surface area contributed by atoms with E-state index < -0.39 is 0 Å². The summed E-state index contributed by atoms with van der Waals surface area (Å²) in [6.07, 6.45) is 18.3. The lowest BCUT2D eigenvalue weighted by Gasteiger charge is -2.49. The van der Waals surface area contributed by atoms with Gasteiger partial charge < -0.3 is 32.0 Å². The van der Waals surface area contributed by atoms with Crippen LogP contribution in [0.1, 0.15) is 80.1 Å². The number of hydrogen-bond donors (Lipinski definition) is 2. The fraction of sp³-hybridized carbons (Fsp3) is 0.806. The van der Waals surface area contributed by atoms with Crippen molar-refractivity contribution in [3.05, 3.63) is 34.9 Å². The van der Waals surface area contributed by atoms with Crippen molar-refractivity contribution in [1.29, 1.82) is 0 Å². The number of hydrogen-bond acceptors (Lipinski definition) is 3. The highest BCUT2D eigenvalue weighted by atomic mass is 35.5. The van der Waals surface area contributed by atoms with E-state index in [1.807, 2.05) is 0 Å². The summed E-state index contributed by atoms with van der Waals surface area (Å²) in [7, 11) is 0. The molecule has 4 aliphatic rings. The van der Waals surface area contributed by atoms with Crippen LogP contribution in [-0.2, 0) is 0 Å². The van der Waals surface area contributed by atoms with Crippen molar-refractivity contribution in [1.82, 2.24) is 15.5 Å². The van der Waals surface area contributed by atoms with E-state index in [0.717, 1.165) is 41.7 Å². The molecule has 224 valence electrons. The van der Waals surface area contributed by atoms with Gasteiger partial charge in [-0.3, -0.25) is 0 Å². The summed E-state index contributed by atoms with van der Waals surface area (Å²) in [5, 5.41) is 8.60. The number of halogens is 1. The fourth-order valence-corrected chi connectivity index (χ4v) is 7.45. The Bertz CT molecular complexity index is 761. The van der Waals surface area contributed by atoms with Gasteiger partial charge >= 0.3 is 0 Å². The molecule has 0 spiro atoms. The third-order valence-electron chi connectivity index (χ3n) is 9.38. The Morgan fingerprint density at radius 3 is 2.39 bits per heavy atom. The first-order valence-electron chi connectivity index (χ1n) is 14.2. The van der Waals surface area contributed by atoms with E-state index in [9.17, 15) is 0 Å². The Kier molecular flexibility index (Phi) is 16.8. The van der Waals surface area contributed by atoms with Crippen LogP contribution >= 0.6 is 11.6 Å². The van der Waals surface area contributed by atoms with E-state index in [1.54, 1.807) is 5.57 Å². The van der Waals surface area contributed by atoms with Crippen molar-refractivity contribution in [2.75, 3.05) is 39.3 Å².